The van der Waals surface area contributed by atoms with Crippen LogP contribution in [-0.2, 0) is 9.53 Å². The Morgan fingerprint density at radius 2 is 1.84 bits per heavy atom. The number of esters is 1. The number of anilines is 1. The maximum Gasteiger partial charge on any atom is 0.338 e. The van der Waals surface area contributed by atoms with Crippen molar-refractivity contribution in [3.8, 4) is 0 Å². The summed E-state index contributed by atoms with van der Waals surface area (Å²) in [7, 11) is 0. The minimum Gasteiger partial charge on any atom is -0.459 e. The highest BCUT2D eigenvalue weighted by Gasteiger charge is 2.33. The summed E-state index contributed by atoms with van der Waals surface area (Å²) in [5, 5.41) is 0.580. The summed E-state index contributed by atoms with van der Waals surface area (Å²) in [6, 6.07) is 12.9. The first kappa shape index (κ1) is 25.5. The fraction of sp³-hybridized carbons (Fsp3) is 0.345. The van der Waals surface area contributed by atoms with E-state index in [0.29, 0.717) is 25.6 Å². The van der Waals surface area contributed by atoms with E-state index >= 15 is 0 Å². The fourth-order valence-electron chi connectivity index (χ4n) is 4.96. The number of hydrogen-bond acceptors (Lipinski definition) is 6. The molecule has 2 aliphatic heterocycles. The Morgan fingerprint density at radius 3 is 2.49 bits per heavy atom. The van der Waals surface area contributed by atoms with Gasteiger partial charge in [-0.3, -0.25) is 9.36 Å². The average Bonchev–Trinajstić information content (AvgIpc) is 3.48. The zero-order valence-corrected chi connectivity index (χ0v) is 23.0. The second-order valence-electron chi connectivity index (χ2n) is 9.82. The fourth-order valence-corrected chi connectivity index (χ4v) is 6.12. The van der Waals surface area contributed by atoms with Gasteiger partial charge in [0.1, 0.15) is 0 Å². The molecule has 0 radical (unpaired) electrons. The smallest absolute Gasteiger partial charge is 0.338 e. The molecule has 2 aliphatic rings. The van der Waals surface area contributed by atoms with Crippen LogP contribution >= 0.6 is 22.9 Å². The van der Waals surface area contributed by atoms with E-state index in [1.807, 2.05) is 18.2 Å². The first-order chi connectivity index (χ1) is 17.7. The van der Waals surface area contributed by atoms with E-state index in [1.165, 1.54) is 29.9 Å². The minimum atomic E-state index is -0.652. The van der Waals surface area contributed by atoms with Crippen LogP contribution < -0.4 is 19.8 Å². The van der Waals surface area contributed by atoms with Gasteiger partial charge in [0.15, 0.2) is 4.80 Å². The van der Waals surface area contributed by atoms with Crippen LogP contribution in [0.5, 0.6) is 0 Å². The Morgan fingerprint density at radius 1 is 1.14 bits per heavy atom. The molecule has 0 bridgehead atoms. The van der Waals surface area contributed by atoms with Crippen LogP contribution in [0.2, 0.25) is 5.02 Å². The lowest BCUT2D eigenvalue weighted by Gasteiger charge is -2.25. The molecule has 0 unspecified atom stereocenters. The summed E-state index contributed by atoms with van der Waals surface area (Å²) in [6.45, 7) is 9.64. The van der Waals surface area contributed by atoms with Gasteiger partial charge >= 0.3 is 5.97 Å². The number of carbonyl (C=O) groups excluding carboxylic acids is 1. The number of allylic oxidation sites excluding steroid dienone is 1. The van der Waals surface area contributed by atoms with Crippen molar-refractivity contribution >= 4 is 40.7 Å². The number of aryl methyl sites for hydroxylation is 1. The maximum absolute atomic E-state index is 13.8. The van der Waals surface area contributed by atoms with Gasteiger partial charge in [0.25, 0.3) is 5.56 Å². The summed E-state index contributed by atoms with van der Waals surface area (Å²) in [5.74, 6) is -0.473. The maximum atomic E-state index is 13.8. The molecule has 6 nitrogen and oxygen atoms in total. The van der Waals surface area contributed by atoms with Gasteiger partial charge in [-0.25, -0.2) is 9.79 Å². The first-order valence-electron chi connectivity index (χ1n) is 12.6. The molecule has 37 heavy (non-hydrogen) atoms. The van der Waals surface area contributed by atoms with Crippen LogP contribution in [0.1, 0.15) is 56.3 Å². The Labute approximate surface area is 225 Å². The van der Waals surface area contributed by atoms with E-state index in [2.05, 4.69) is 35.0 Å². The number of ether oxygens (including phenoxy) is 1. The Bertz CT molecular complexity index is 1560. The van der Waals surface area contributed by atoms with E-state index in [4.69, 9.17) is 16.3 Å². The van der Waals surface area contributed by atoms with Gasteiger partial charge in [0.05, 0.1) is 27.9 Å². The molecule has 0 amide bonds. The molecule has 192 valence electrons. The number of benzene rings is 2. The van der Waals surface area contributed by atoms with Gasteiger partial charge in [-0.15, -0.1) is 0 Å². The van der Waals surface area contributed by atoms with Gasteiger partial charge in [-0.1, -0.05) is 41.1 Å². The molecule has 5 rings (SSSR count). The number of fused-ring (bicyclic) bond motifs is 1. The molecule has 1 atom stereocenters. The van der Waals surface area contributed by atoms with Crippen molar-refractivity contribution in [3.05, 3.63) is 95.1 Å². The van der Waals surface area contributed by atoms with Gasteiger partial charge in [-0.05, 0) is 87.6 Å². The Kier molecular flexibility index (Phi) is 7.10. The number of halogens is 1. The van der Waals surface area contributed by atoms with Crippen LogP contribution in [0.15, 0.2) is 63.5 Å². The highest BCUT2D eigenvalue weighted by atomic mass is 35.5. The molecule has 2 aromatic carbocycles. The highest BCUT2D eigenvalue weighted by Crippen LogP contribution is 2.31. The molecule has 0 N–H and O–H groups in total. The van der Waals surface area contributed by atoms with Crippen molar-refractivity contribution in [2.24, 2.45) is 4.99 Å². The molecule has 0 spiro atoms. The van der Waals surface area contributed by atoms with Crippen molar-refractivity contribution < 1.29 is 9.53 Å². The summed E-state index contributed by atoms with van der Waals surface area (Å²) in [4.78, 5) is 34.6. The quantitative estimate of drug-likeness (QED) is 0.442. The second-order valence-corrected chi connectivity index (χ2v) is 11.3. The molecule has 3 heterocycles. The monoisotopic (exact) mass is 535 g/mol. The highest BCUT2D eigenvalue weighted by molar-refractivity contribution is 7.07. The van der Waals surface area contributed by atoms with E-state index in [-0.39, 0.29) is 11.7 Å². The Hall–Kier alpha value is -3.16. The third-order valence-corrected chi connectivity index (χ3v) is 8.02. The van der Waals surface area contributed by atoms with E-state index < -0.39 is 12.0 Å². The largest absolute Gasteiger partial charge is 0.459 e. The first-order valence-corrected chi connectivity index (χ1v) is 13.8. The Balaban J connectivity index is 1.63. The SMILES string of the molecule is CC1=C(C(=O)OC(C)C)[C@H](c2ccc(Cl)cc2)n2c(s/c(=C/c3ccc(N4CCCC4)cc3C)c2=O)=N1. The number of nitrogens with zero attached hydrogens (tertiary/aromatic N) is 3. The van der Waals surface area contributed by atoms with Crippen LogP contribution in [0.4, 0.5) is 5.69 Å². The number of aromatic nitrogens is 1. The van der Waals surface area contributed by atoms with E-state index in [9.17, 15) is 9.59 Å². The predicted octanol–water partition coefficient (Wildman–Crippen LogP) is 4.75. The van der Waals surface area contributed by atoms with Crippen molar-refractivity contribution in [2.75, 3.05) is 18.0 Å². The molecule has 1 fully saturated rings. The lowest BCUT2D eigenvalue weighted by Crippen LogP contribution is -2.40. The third kappa shape index (κ3) is 5.03. The average molecular weight is 536 g/mol. The lowest BCUT2D eigenvalue weighted by molar-refractivity contribution is -0.143. The van der Waals surface area contributed by atoms with Crippen LogP contribution in [0, 0.1) is 6.92 Å². The van der Waals surface area contributed by atoms with E-state index in [0.717, 1.165) is 29.8 Å². The van der Waals surface area contributed by atoms with Crippen LogP contribution in [0.25, 0.3) is 6.08 Å². The third-order valence-electron chi connectivity index (χ3n) is 6.78. The minimum absolute atomic E-state index is 0.186. The molecule has 0 aliphatic carbocycles. The molecule has 1 saturated heterocycles. The molecular weight excluding hydrogens is 506 g/mol. The molecular formula is C29H30ClN3O3S. The summed E-state index contributed by atoms with van der Waals surface area (Å²) < 4.78 is 7.73. The van der Waals surface area contributed by atoms with Gasteiger partial charge in [0, 0.05) is 23.8 Å². The summed E-state index contributed by atoms with van der Waals surface area (Å²) in [6.07, 6.45) is 4.08. The summed E-state index contributed by atoms with van der Waals surface area (Å²) in [5.41, 5.74) is 4.82. The van der Waals surface area contributed by atoms with Gasteiger partial charge < -0.3 is 9.64 Å². The second kappa shape index (κ2) is 10.3. The van der Waals surface area contributed by atoms with Crippen molar-refractivity contribution in [2.45, 2.75) is 52.7 Å². The number of thiazole rings is 1. The number of rotatable bonds is 5. The number of hydrogen-bond donors (Lipinski definition) is 0. The molecule has 3 aromatic rings. The summed E-state index contributed by atoms with van der Waals surface area (Å²) >= 11 is 7.48. The van der Waals surface area contributed by atoms with Gasteiger partial charge in [0.2, 0.25) is 0 Å². The van der Waals surface area contributed by atoms with Crippen LogP contribution in [0.3, 0.4) is 0 Å². The van der Waals surface area contributed by atoms with Crippen molar-refractivity contribution in [1.29, 1.82) is 0 Å². The van der Waals surface area contributed by atoms with Gasteiger partial charge in [-0.2, -0.15) is 0 Å². The van der Waals surface area contributed by atoms with Crippen molar-refractivity contribution in [1.82, 2.24) is 4.57 Å². The van der Waals surface area contributed by atoms with Crippen molar-refractivity contribution in [3.63, 3.8) is 0 Å². The normalized spacial score (nSPS) is 17.8. The zero-order valence-electron chi connectivity index (χ0n) is 21.5. The zero-order chi connectivity index (χ0) is 26.3. The topological polar surface area (TPSA) is 63.9 Å². The molecule has 1 aromatic heterocycles. The number of carbonyl (C=O) groups is 1. The predicted molar refractivity (Wildman–Crippen MR) is 149 cm³/mol. The molecule has 0 saturated carbocycles. The molecule has 8 heteroatoms. The van der Waals surface area contributed by atoms with Crippen LogP contribution in [-0.4, -0.2) is 29.7 Å². The van der Waals surface area contributed by atoms with E-state index in [1.54, 1.807) is 37.5 Å². The standard InChI is InChI=1S/C29H30ClN3O3S/c1-17(2)36-28(35)25-19(4)31-29-33(26(25)20-7-10-22(30)11-8-20)27(34)24(37-29)16-21-9-12-23(15-18(21)3)32-13-5-6-14-32/h7-12,15-17,26H,5-6,13-14H2,1-4H3/b24-16+/t26-/m0/s1. The lowest BCUT2D eigenvalue weighted by atomic mass is 9.96.